The van der Waals surface area contributed by atoms with E-state index in [4.69, 9.17) is 0 Å². The molecule has 1 rings (SSSR count). The molecule has 0 fully saturated rings. The quantitative estimate of drug-likeness (QED) is 0.731. The van der Waals surface area contributed by atoms with Crippen molar-refractivity contribution < 1.29 is 23.5 Å². The molecule has 0 aliphatic heterocycles. The van der Waals surface area contributed by atoms with Gasteiger partial charge in [-0.3, -0.25) is 9.59 Å². The Kier molecular flexibility index (Phi) is 7.18. The molecule has 2 atom stereocenters. The van der Waals surface area contributed by atoms with Crippen molar-refractivity contribution in [1.29, 1.82) is 0 Å². The number of carbonyl (C=O) groups excluding carboxylic acids is 3. The highest BCUT2D eigenvalue weighted by molar-refractivity contribution is 5.90. The SMILES string of the molecule is CC[C@H](NC(=O)[C@H](Cc1cccc(F)c1)NC(C)=O)C(=O)OC. The Labute approximate surface area is 134 Å². The van der Waals surface area contributed by atoms with Crippen molar-refractivity contribution in [3.8, 4) is 0 Å². The average molecular weight is 324 g/mol. The summed E-state index contributed by atoms with van der Waals surface area (Å²) < 4.78 is 17.9. The van der Waals surface area contributed by atoms with E-state index >= 15 is 0 Å². The van der Waals surface area contributed by atoms with Crippen LogP contribution in [0, 0.1) is 5.82 Å². The smallest absolute Gasteiger partial charge is 0.328 e. The molecular weight excluding hydrogens is 303 g/mol. The minimum Gasteiger partial charge on any atom is -0.467 e. The third kappa shape index (κ3) is 6.06. The van der Waals surface area contributed by atoms with Gasteiger partial charge in [-0.25, -0.2) is 9.18 Å². The van der Waals surface area contributed by atoms with Crippen molar-refractivity contribution in [2.24, 2.45) is 0 Å². The van der Waals surface area contributed by atoms with Crippen molar-refractivity contribution >= 4 is 17.8 Å². The molecule has 0 radical (unpaired) electrons. The van der Waals surface area contributed by atoms with Crippen molar-refractivity contribution in [3.05, 3.63) is 35.6 Å². The van der Waals surface area contributed by atoms with Crippen LogP contribution in [0.15, 0.2) is 24.3 Å². The number of nitrogens with one attached hydrogen (secondary N) is 2. The lowest BCUT2D eigenvalue weighted by molar-refractivity contribution is -0.145. The van der Waals surface area contributed by atoms with Crippen LogP contribution in [0.2, 0.25) is 0 Å². The maximum absolute atomic E-state index is 13.2. The van der Waals surface area contributed by atoms with E-state index in [1.165, 1.54) is 32.2 Å². The Morgan fingerprint density at radius 3 is 2.43 bits per heavy atom. The number of ether oxygens (including phenoxy) is 1. The summed E-state index contributed by atoms with van der Waals surface area (Å²) in [5, 5.41) is 5.04. The summed E-state index contributed by atoms with van der Waals surface area (Å²) in [6.45, 7) is 3.01. The van der Waals surface area contributed by atoms with Crippen LogP contribution in [0.4, 0.5) is 4.39 Å². The second-order valence-corrected chi connectivity index (χ2v) is 5.08. The fraction of sp³-hybridized carbons (Fsp3) is 0.438. The summed E-state index contributed by atoms with van der Waals surface area (Å²) in [7, 11) is 1.23. The molecule has 0 unspecified atom stereocenters. The van der Waals surface area contributed by atoms with Crippen molar-refractivity contribution in [2.75, 3.05) is 7.11 Å². The Morgan fingerprint density at radius 1 is 1.22 bits per heavy atom. The van der Waals surface area contributed by atoms with Crippen LogP contribution >= 0.6 is 0 Å². The topological polar surface area (TPSA) is 84.5 Å². The van der Waals surface area contributed by atoms with Crippen LogP contribution in [0.3, 0.4) is 0 Å². The summed E-state index contributed by atoms with van der Waals surface area (Å²) in [4.78, 5) is 35.2. The van der Waals surface area contributed by atoms with E-state index in [1.807, 2.05) is 0 Å². The maximum Gasteiger partial charge on any atom is 0.328 e. The molecule has 0 aliphatic carbocycles. The first kappa shape index (κ1) is 18.6. The Morgan fingerprint density at radius 2 is 1.91 bits per heavy atom. The van der Waals surface area contributed by atoms with Crippen LogP contribution in [-0.4, -0.2) is 37.0 Å². The largest absolute Gasteiger partial charge is 0.467 e. The van der Waals surface area contributed by atoms with Gasteiger partial charge in [0.1, 0.15) is 17.9 Å². The molecule has 23 heavy (non-hydrogen) atoms. The van der Waals surface area contributed by atoms with Gasteiger partial charge >= 0.3 is 5.97 Å². The molecular formula is C16H21FN2O4. The number of methoxy groups -OCH3 is 1. The number of hydrogen-bond donors (Lipinski definition) is 2. The van der Waals surface area contributed by atoms with Gasteiger partial charge in [0, 0.05) is 13.3 Å². The van der Waals surface area contributed by atoms with Crippen molar-refractivity contribution in [1.82, 2.24) is 10.6 Å². The zero-order chi connectivity index (χ0) is 17.4. The number of halogens is 1. The van der Waals surface area contributed by atoms with Gasteiger partial charge in [0.25, 0.3) is 0 Å². The molecule has 0 aromatic heterocycles. The van der Waals surface area contributed by atoms with E-state index in [0.717, 1.165) is 0 Å². The van der Waals surface area contributed by atoms with Crippen molar-refractivity contribution in [2.45, 2.75) is 38.8 Å². The lowest BCUT2D eigenvalue weighted by Gasteiger charge is -2.21. The summed E-state index contributed by atoms with van der Waals surface area (Å²) >= 11 is 0. The first-order chi connectivity index (χ1) is 10.9. The van der Waals surface area contributed by atoms with Gasteiger partial charge in [0.15, 0.2) is 0 Å². The molecule has 2 N–H and O–H groups in total. The molecule has 0 heterocycles. The molecule has 2 amide bonds. The molecule has 0 aliphatic rings. The maximum atomic E-state index is 13.2. The Bertz CT molecular complexity index is 577. The predicted molar refractivity (Wildman–Crippen MR) is 81.9 cm³/mol. The zero-order valence-electron chi connectivity index (χ0n) is 13.4. The van der Waals surface area contributed by atoms with Gasteiger partial charge in [-0.15, -0.1) is 0 Å². The normalized spacial score (nSPS) is 12.9. The molecule has 7 heteroatoms. The number of carbonyl (C=O) groups is 3. The molecule has 6 nitrogen and oxygen atoms in total. The highest BCUT2D eigenvalue weighted by Crippen LogP contribution is 2.07. The van der Waals surface area contributed by atoms with E-state index in [1.54, 1.807) is 13.0 Å². The van der Waals surface area contributed by atoms with Crippen molar-refractivity contribution in [3.63, 3.8) is 0 Å². The molecule has 0 bridgehead atoms. The first-order valence-electron chi connectivity index (χ1n) is 7.27. The number of benzene rings is 1. The van der Waals surface area contributed by atoms with Gasteiger partial charge in [0.2, 0.25) is 11.8 Å². The number of rotatable bonds is 7. The monoisotopic (exact) mass is 324 g/mol. The average Bonchev–Trinajstić information content (AvgIpc) is 2.50. The van der Waals surface area contributed by atoms with Gasteiger partial charge in [-0.2, -0.15) is 0 Å². The highest BCUT2D eigenvalue weighted by atomic mass is 19.1. The standard InChI is InChI=1S/C16H21FN2O4/c1-4-13(16(22)23-3)19-15(21)14(18-10(2)20)9-11-6-5-7-12(17)8-11/h5-8,13-14H,4,9H2,1-3H3,(H,18,20)(H,19,21)/t13-,14-/m0/s1. The van der Waals surface area contributed by atoms with E-state index in [9.17, 15) is 18.8 Å². The fourth-order valence-electron chi connectivity index (χ4n) is 2.10. The van der Waals surface area contributed by atoms with Gasteiger partial charge < -0.3 is 15.4 Å². The third-order valence-corrected chi connectivity index (χ3v) is 3.23. The summed E-state index contributed by atoms with van der Waals surface area (Å²) in [6.07, 6.45) is 0.464. The molecule has 0 saturated heterocycles. The number of hydrogen-bond acceptors (Lipinski definition) is 4. The molecule has 1 aromatic rings. The summed E-state index contributed by atoms with van der Waals surface area (Å²) in [5.74, 6) is -1.91. The lowest BCUT2D eigenvalue weighted by atomic mass is 10.0. The lowest BCUT2D eigenvalue weighted by Crippen LogP contribution is -2.52. The minimum atomic E-state index is -0.909. The molecule has 0 saturated carbocycles. The van der Waals surface area contributed by atoms with E-state index in [2.05, 4.69) is 15.4 Å². The predicted octanol–water partition coefficient (Wildman–Crippen LogP) is 0.941. The van der Waals surface area contributed by atoms with Crippen LogP contribution in [-0.2, 0) is 25.5 Å². The summed E-state index contributed by atoms with van der Waals surface area (Å²) in [6, 6.07) is 4.06. The fourth-order valence-corrected chi connectivity index (χ4v) is 2.10. The van der Waals surface area contributed by atoms with Gasteiger partial charge in [-0.05, 0) is 24.1 Å². The zero-order valence-corrected chi connectivity index (χ0v) is 13.4. The molecule has 126 valence electrons. The molecule has 1 aromatic carbocycles. The Hall–Kier alpha value is -2.44. The third-order valence-electron chi connectivity index (χ3n) is 3.23. The molecule has 0 spiro atoms. The van der Waals surface area contributed by atoms with Crippen LogP contribution in [0.5, 0.6) is 0 Å². The van der Waals surface area contributed by atoms with E-state index in [0.29, 0.717) is 12.0 Å². The van der Waals surface area contributed by atoms with E-state index in [-0.39, 0.29) is 6.42 Å². The summed E-state index contributed by atoms with van der Waals surface area (Å²) in [5.41, 5.74) is 0.560. The minimum absolute atomic E-state index is 0.112. The number of amides is 2. The van der Waals surface area contributed by atoms with Crippen LogP contribution < -0.4 is 10.6 Å². The second-order valence-electron chi connectivity index (χ2n) is 5.08. The van der Waals surface area contributed by atoms with E-state index < -0.39 is 35.7 Å². The van der Waals surface area contributed by atoms with Gasteiger partial charge in [-0.1, -0.05) is 19.1 Å². The second kappa shape index (κ2) is 8.87. The van der Waals surface area contributed by atoms with Crippen LogP contribution in [0.1, 0.15) is 25.8 Å². The van der Waals surface area contributed by atoms with Gasteiger partial charge in [0.05, 0.1) is 7.11 Å². The highest BCUT2D eigenvalue weighted by Gasteiger charge is 2.25. The first-order valence-corrected chi connectivity index (χ1v) is 7.27. The Balaban J connectivity index is 2.85. The number of esters is 1. The van der Waals surface area contributed by atoms with Crippen LogP contribution in [0.25, 0.3) is 0 Å².